The number of esters is 1. The lowest BCUT2D eigenvalue weighted by atomic mass is 10.2. The number of thioether (sulfide) groups is 1. The van der Waals surface area contributed by atoms with Crippen LogP contribution in [0, 0.1) is 0 Å². The van der Waals surface area contributed by atoms with Crippen LogP contribution >= 0.6 is 35.0 Å². The Morgan fingerprint density at radius 1 is 1.15 bits per heavy atom. The zero-order chi connectivity index (χ0) is 23.5. The first-order valence-corrected chi connectivity index (χ1v) is 11.6. The number of nitrogens with zero attached hydrogens (tertiary/aromatic N) is 3. The van der Waals surface area contributed by atoms with Crippen molar-refractivity contribution in [1.82, 2.24) is 14.8 Å². The average Bonchev–Trinajstić information content (AvgIpc) is 3.41. The Labute approximate surface area is 203 Å². The van der Waals surface area contributed by atoms with Crippen molar-refractivity contribution in [3.8, 4) is 11.6 Å². The number of methoxy groups -OCH3 is 1. The minimum absolute atomic E-state index is 0.0622. The van der Waals surface area contributed by atoms with Crippen LogP contribution in [0.4, 0.5) is 5.69 Å². The van der Waals surface area contributed by atoms with Gasteiger partial charge in [-0.05, 0) is 49.4 Å². The van der Waals surface area contributed by atoms with E-state index in [1.807, 2.05) is 23.6 Å². The van der Waals surface area contributed by atoms with Crippen LogP contribution in [0.15, 0.2) is 52.0 Å². The van der Waals surface area contributed by atoms with E-state index in [1.54, 1.807) is 12.1 Å². The number of carbonyl (C=O) groups is 2. The van der Waals surface area contributed by atoms with Gasteiger partial charge in [0, 0.05) is 17.0 Å². The average molecular weight is 505 g/mol. The monoisotopic (exact) mass is 504 g/mol. The Kier molecular flexibility index (Phi) is 6.92. The Morgan fingerprint density at radius 3 is 2.73 bits per heavy atom. The van der Waals surface area contributed by atoms with Crippen molar-refractivity contribution in [3.05, 3.63) is 58.1 Å². The van der Waals surface area contributed by atoms with Crippen LogP contribution in [0.5, 0.6) is 0 Å². The van der Waals surface area contributed by atoms with Gasteiger partial charge < -0.3 is 14.5 Å². The molecule has 2 aromatic heterocycles. The van der Waals surface area contributed by atoms with Crippen LogP contribution in [0.3, 0.4) is 0 Å². The zero-order valence-electron chi connectivity index (χ0n) is 17.6. The third-order valence-electron chi connectivity index (χ3n) is 4.73. The lowest BCUT2D eigenvalue weighted by Gasteiger charge is -2.09. The second-order valence-corrected chi connectivity index (χ2v) is 8.65. The van der Waals surface area contributed by atoms with Crippen molar-refractivity contribution in [2.24, 2.45) is 0 Å². The summed E-state index contributed by atoms with van der Waals surface area (Å²) in [6, 6.07) is 11.7. The van der Waals surface area contributed by atoms with Gasteiger partial charge in [0.25, 0.3) is 0 Å². The first kappa shape index (κ1) is 23.2. The number of nitrogens with one attached hydrogen (secondary N) is 1. The van der Waals surface area contributed by atoms with Gasteiger partial charge in [0.15, 0.2) is 10.9 Å². The number of amides is 1. The summed E-state index contributed by atoms with van der Waals surface area (Å²) >= 11 is 13.4. The van der Waals surface area contributed by atoms with E-state index in [0.29, 0.717) is 44.6 Å². The molecule has 0 spiro atoms. The van der Waals surface area contributed by atoms with Crippen LogP contribution in [-0.4, -0.2) is 39.5 Å². The number of halogens is 2. The molecule has 2 aromatic carbocycles. The van der Waals surface area contributed by atoms with E-state index in [9.17, 15) is 9.59 Å². The summed E-state index contributed by atoms with van der Waals surface area (Å²) in [4.78, 5) is 24.2. The Bertz CT molecular complexity index is 1350. The van der Waals surface area contributed by atoms with E-state index in [0.717, 1.165) is 5.39 Å². The van der Waals surface area contributed by atoms with E-state index in [2.05, 4.69) is 15.5 Å². The minimum Gasteiger partial charge on any atom is -0.465 e. The number of anilines is 1. The second kappa shape index (κ2) is 9.86. The van der Waals surface area contributed by atoms with Gasteiger partial charge in [0.05, 0.1) is 29.1 Å². The number of benzene rings is 2. The van der Waals surface area contributed by atoms with E-state index < -0.39 is 5.97 Å². The molecule has 0 aliphatic carbocycles. The highest BCUT2D eigenvalue weighted by Crippen LogP contribution is 2.31. The fraction of sp³-hybridized carbons (Fsp3) is 0.182. The van der Waals surface area contributed by atoms with E-state index in [1.165, 1.54) is 37.1 Å². The second-order valence-electron chi connectivity index (χ2n) is 6.87. The van der Waals surface area contributed by atoms with Gasteiger partial charge in [-0.3, -0.25) is 9.36 Å². The van der Waals surface area contributed by atoms with Gasteiger partial charge in [-0.25, -0.2) is 4.79 Å². The van der Waals surface area contributed by atoms with Crippen molar-refractivity contribution in [3.63, 3.8) is 0 Å². The highest BCUT2D eigenvalue weighted by atomic mass is 35.5. The van der Waals surface area contributed by atoms with Crippen LogP contribution in [0.2, 0.25) is 10.0 Å². The number of aromatic nitrogens is 3. The lowest BCUT2D eigenvalue weighted by molar-refractivity contribution is -0.113. The molecule has 1 amide bonds. The standard InChI is InChI=1S/C22H18Cl2N4O4S/c1-3-28-20(18-10-13-8-14(23)5-7-17(13)32-18)26-27-22(28)33-11-19(29)25-16-9-12(21(30)31-2)4-6-15(16)24/h4-10H,3,11H2,1-2H3,(H,25,29). The van der Waals surface area contributed by atoms with Crippen LogP contribution in [0.25, 0.3) is 22.6 Å². The first-order chi connectivity index (χ1) is 15.9. The van der Waals surface area contributed by atoms with E-state index in [-0.39, 0.29) is 17.2 Å². The molecule has 1 N–H and O–H groups in total. The molecule has 0 bridgehead atoms. The van der Waals surface area contributed by atoms with Crippen molar-refractivity contribution in [2.75, 3.05) is 18.2 Å². The highest BCUT2D eigenvalue weighted by molar-refractivity contribution is 7.99. The summed E-state index contributed by atoms with van der Waals surface area (Å²) in [6.45, 7) is 2.53. The molecule has 0 radical (unpaired) electrons. The molecule has 11 heteroatoms. The smallest absolute Gasteiger partial charge is 0.337 e. The van der Waals surface area contributed by atoms with Crippen molar-refractivity contribution < 1.29 is 18.7 Å². The van der Waals surface area contributed by atoms with Gasteiger partial charge in [0.1, 0.15) is 5.58 Å². The fourth-order valence-electron chi connectivity index (χ4n) is 3.17. The molecule has 0 fully saturated rings. The van der Waals surface area contributed by atoms with Gasteiger partial charge in [-0.2, -0.15) is 0 Å². The molecule has 0 aliphatic heterocycles. The molecule has 0 saturated heterocycles. The number of rotatable bonds is 7. The summed E-state index contributed by atoms with van der Waals surface area (Å²) in [5, 5.41) is 13.5. The predicted molar refractivity (Wildman–Crippen MR) is 128 cm³/mol. The SMILES string of the molecule is CCn1c(SCC(=O)Nc2cc(C(=O)OC)ccc2Cl)nnc1-c1cc2cc(Cl)ccc2o1. The molecule has 4 aromatic rings. The van der Waals surface area contributed by atoms with Gasteiger partial charge in [-0.1, -0.05) is 35.0 Å². The quantitative estimate of drug-likeness (QED) is 0.260. The summed E-state index contributed by atoms with van der Waals surface area (Å²) < 4.78 is 12.5. The molecule has 33 heavy (non-hydrogen) atoms. The normalized spacial score (nSPS) is 11.0. The number of hydrogen-bond donors (Lipinski definition) is 1. The topological polar surface area (TPSA) is 99.2 Å². The number of carbonyl (C=O) groups excluding carboxylic acids is 2. The van der Waals surface area contributed by atoms with Crippen LogP contribution in [0.1, 0.15) is 17.3 Å². The summed E-state index contributed by atoms with van der Waals surface area (Å²) in [5.41, 5.74) is 1.30. The Morgan fingerprint density at radius 2 is 1.97 bits per heavy atom. The maximum Gasteiger partial charge on any atom is 0.337 e. The maximum atomic E-state index is 12.5. The predicted octanol–water partition coefficient (Wildman–Crippen LogP) is 5.54. The molecule has 0 unspecified atom stereocenters. The molecule has 0 saturated carbocycles. The van der Waals surface area contributed by atoms with E-state index in [4.69, 9.17) is 32.4 Å². The number of fused-ring (bicyclic) bond motifs is 1. The Balaban J connectivity index is 1.48. The third-order valence-corrected chi connectivity index (χ3v) is 6.26. The number of furan rings is 1. The highest BCUT2D eigenvalue weighted by Gasteiger charge is 2.18. The largest absolute Gasteiger partial charge is 0.465 e. The molecule has 2 heterocycles. The fourth-order valence-corrected chi connectivity index (χ4v) is 4.32. The molecule has 0 atom stereocenters. The first-order valence-electron chi connectivity index (χ1n) is 9.82. The molecule has 8 nitrogen and oxygen atoms in total. The summed E-state index contributed by atoms with van der Waals surface area (Å²) in [7, 11) is 1.28. The third kappa shape index (κ3) is 5.00. The molecule has 0 aliphatic rings. The van der Waals surface area contributed by atoms with Gasteiger partial charge >= 0.3 is 5.97 Å². The van der Waals surface area contributed by atoms with E-state index >= 15 is 0 Å². The molecule has 4 rings (SSSR count). The van der Waals surface area contributed by atoms with Gasteiger partial charge in [0.2, 0.25) is 11.7 Å². The maximum absolute atomic E-state index is 12.5. The van der Waals surface area contributed by atoms with Crippen LogP contribution in [-0.2, 0) is 16.1 Å². The van der Waals surface area contributed by atoms with Gasteiger partial charge in [-0.15, -0.1) is 10.2 Å². The van der Waals surface area contributed by atoms with Crippen molar-refractivity contribution in [1.29, 1.82) is 0 Å². The zero-order valence-corrected chi connectivity index (χ0v) is 19.9. The number of hydrogen-bond acceptors (Lipinski definition) is 7. The molecular weight excluding hydrogens is 487 g/mol. The summed E-state index contributed by atoms with van der Waals surface area (Å²) in [5.74, 6) is 0.348. The Hall–Kier alpha value is -3.01. The van der Waals surface area contributed by atoms with Crippen molar-refractivity contribution >= 4 is 63.5 Å². The summed E-state index contributed by atoms with van der Waals surface area (Å²) in [6.07, 6.45) is 0. The minimum atomic E-state index is -0.520. The molecule has 170 valence electrons. The number of ether oxygens (including phenoxy) is 1. The van der Waals surface area contributed by atoms with Crippen molar-refractivity contribution in [2.45, 2.75) is 18.6 Å². The molecular formula is C22H18Cl2N4O4S. The van der Waals surface area contributed by atoms with Crippen LogP contribution < -0.4 is 5.32 Å². The lowest BCUT2D eigenvalue weighted by Crippen LogP contribution is -2.15.